The summed E-state index contributed by atoms with van der Waals surface area (Å²) in [7, 11) is 0. The van der Waals surface area contributed by atoms with E-state index in [0.29, 0.717) is 22.5 Å². The second-order valence-electron chi connectivity index (χ2n) is 7.61. The fourth-order valence-corrected chi connectivity index (χ4v) is 4.38. The molecular formula is C23H21FLiN7O5S. The zero-order chi connectivity index (χ0) is 26.5. The van der Waals surface area contributed by atoms with Gasteiger partial charge in [-0.3, -0.25) is 15.1 Å². The molecule has 3 heterocycles. The molecule has 5 N–H and O–H groups in total. The summed E-state index contributed by atoms with van der Waals surface area (Å²) in [5, 5.41) is 25.9. The summed E-state index contributed by atoms with van der Waals surface area (Å²) in [6.07, 6.45) is 3.47. The standard InChI is InChI=1S/C23H20FN7O5S.Li.H/c1-2-25-22(36)31-23-30-18-17(24)12(7-13(19(18)37-23)14-5-3-4-6-26-14)11-9-27-21(28-10-11)29-15(20(34)35)8-16(32)33;;/h3-7,9-10,15H,2,8H2,1H3,(H,32,33)(H,34,35)(H,27,28,29)(H2,25,30,31,36);;. The summed E-state index contributed by atoms with van der Waals surface area (Å²) >= 11 is 1.10. The van der Waals surface area contributed by atoms with Crippen molar-refractivity contribution in [3.8, 4) is 22.4 Å². The molecule has 0 saturated carbocycles. The van der Waals surface area contributed by atoms with Gasteiger partial charge in [0.05, 0.1) is 16.8 Å². The molecule has 2 amide bonds. The minimum atomic E-state index is -1.45. The van der Waals surface area contributed by atoms with Crippen LogP contribution in [0.2, 0.25) is 0 Å². The van der Waals surface area contributed by atoms with Crippen molar-refractivity contribution in [3.05, 3.63) is 48.7 Å². The van der Waals surface area contributed by atoms with Gasteiger partial charge in [0.2, 0.25) is 5.95 Å². The SMILES string of the molecule is CCNC(=O)Nc1nc2c(F)c(-c3cnc(NC(CC(=O)O)C(=O)O)nc3)cc(-c3ccccn3)c2s1.[LiH]. The van der Waals surface area contributed by atoms with E-state index in [2.05, 4.69) is 35.9 Å². The number of nitrogens with one attached hydrogen (secondary N) is 3. The summed E-state index contributed by atoms with van der Waals surface area (Å²) in [6.45, 7) is 2.17. The van der Waals surface area contributed by atoms with Crippen molar-refractivity contribution >= 4 is 69.5 Å². The van der Waals surface area contributed by atoms with Crippen LogP contribution in [0, 0.1) is 5.82 Å². The van der Waals surface area contributed by atoms with Gasteiger partial charge in [-0.25, -0.2) is 28.9 Å². The van der Waals surface area contributed by atoms with Crippen LogP contribution in [-0.2, 0) is 9.59 Å². The van der Waals surface area contributed by atoms with Crippen LogP contribution in [-0.4, -0.2) is 79.6 Å². The number of halogens is 1. The molecule has 192 valence electrons. The van der Waals surface area contributed by atoms with Gasteiger partial charge in [-0.15, -0.1) is 0 Å². The van der Waals surface area contributed by atoms with Gasteiger partial charge in [0.25, 0.3) is 0 Å². The van der Waals surface area contributed by atoms with E-state index in [9.17, 15) is 19.5 Å². The minimum absolute atomic E-state index is 0. The molecule has 0 fully saturated rings. The quantitative estimate of drug-likeness (QED) is 0.201. The average Bonchev–Trinajstić information content (AvgIpc) is 3.29. The second-order valence-corrected chi connectivity index (χ2v) is 8.61. The molecule has 0 aliphatic rings. The Morgan fingerprint density at radius 3 is 2.45 bits per heavy atom. The van der Waals surface area contributed by atoms with Gasteiger partial charge in [0.1, 0.15) is 11.6 Å². The summed E-state index contributed by atoms with van der Waals surface area (Å²) in [5.41, 5.74) is 1.51. The van der Waals surface area contributed by atoms with Gasteiger partial charge in [-0.1, -0.05) is 17.4 Å². The number of carboxylic acid groups (broad SMARTS) is 2. The topological polar surface area (TPSA) is 179 Å². The van der Waals surface area contributed by atoms with Crippen molar-refractivity contribution in [1.29, 1.82) is 0 Å². The van der Waals surface area contributed by atoms with Gasteiger partial charge in [-0.2, -0.15) is 0 Å². The summed E-state index contributed by atoms with van der Waals surface area (Å²) in [4.78, 5) is 50.9. The number of amides is 2. The number of anilines is 2. The van der Waals surface area contributed by atoms with Gasteiger partial charge in [0, 0.05) is 41.8 Å². The Bertz CT molecular complexity index is 1470. The zero-order valence-corrected chi connectivity index (χ0v) is 20.0. The number of aromatic nitrogens is 4. The van der Waals surface area contributed by atoms with Crippen LogP contribution in [0.5, 0.6) is 0 Å². The fourth-order valence-electron chi connectivity index (χ4n) is 3.40. The monoisotopic (exact) mass is 533 g/mol. The van der Waals surface area contributed by atoms with Crippen molar-refractivity contribution in [1.82, 2.24) is 25.3 Å². The van der Waals surface area contributed by atoms with Crippen LogP contribution in [0.15, 0.2) is 42.9 Å². The predicted octanol–water partition coefficient (Wildman–Crippen LogP) is 2.79. The van der Waals surface area contributed by atoms with E-state index >= 15 is 4.39 Å². The third kappa shape index (κ3) is 6.41. The van der Waals surface area contributed by atoms with Crippen molar-refractivity contribution in [2.24, 2.45) is 0 Å². The van der Waals surface area contributed by atoms with Gasteiger partial charge in [-0.05, 0) is 25.1 Å². The van der Waals surface area contributed by atoms with E-state index in [1.165, 1.54) is 12.4 Å². The number of hydrogen-bond acceptors (Lipinski definition) is 9. The number of hydrogen-bond donors (Lipinski definition) is 5. The van der Waals surface area contributed by atoms with Gasteiger partial charge in [0.15, 0.2) is 10.9 Å². The molecule has 0 aliphatic heterocycles. The van der Waals surface area contributed by atoms with Crippen LogP contribution in [0.4, 0.5) is 20.3 Å². The first kappa shape index (κ1) is 28.4. The predicted molar refractivity (Wildman–Crippen MR) is 141 cm³/mol. The molecule has 1 unspecified atom stereocenters. The molecule has 4 aromatic rings. The van der Waals surface area contributed by atoms with Gasteiger partial charge >= 0.3 is 36.8 Å². The molecule has 3 aromatic heterocycles. The van der Waals surface area contributed by atoms with E-state index in [1.807, 2.05) is 0 Å². The molecule has 1 atom stereocenters. The van der Waals surface area contributed by atoms with E-state index in [1.54, 1.807) is 37.4 Å². The number of urea groups is 1. The molecule has 0 saturated heterocycles. The zero-order valence-electron chi connectivity index (χ0n) is 19.2. The number of rotatable bonds is 9. The van der Waals surface area contributed by atoms with Crippen LogP contribution < -0.4 is 16.0 Å². The molecule has 1 aromatic carbocycles. The number of nitrogens with zero attached hydrogens (tertiary/aromatic N) is 4. The fraction of sp³-hybridized carbons (Fsp3) is 0.174. The Labute approximate surface area is 230 Å². The Morgan fingerprint density at radius 2 is 1.84 bits per heavy atom. The number of fused-ring (bicyclic) bond motifs is 1. The molecule has 12 nitrogen and oxygen atoms in total. The van der Waals surface area contributed by atoms with E-state index in [4.69, 9.17) is 5.11 Å². The first-order valence-electron chi connectivity index (χ1n) is 10.9. The number of pyridine rings is 1. The summed E-state index contributed by atoms with van der Waals surface area (Å²) in [6, 6.07) is 4.94. The summed E-state index contributed by atoms with van der Waals surface area (Å²) in [5.74, 6) is -3.50. The van der Waals surface area contributed by atoms with E-state index in [0.717, 1.165) is 11.3 Å². The molecule has 0 bridgehead atoms. The van der Waals surface area contributed by atoms with Gasteiger partial charge < -0.3 is 20.8 Å². The third-order valence-electron chi connectivity index (χ3n) is 5.05. The average molecular weight is 533 g/mol. The van der Waals surface area contributed by atoms with Crippen LogP contribution >= 0.6 is 11.3 Å². The first-order valence-corrected chi connectivity index (χ1v) is 11.7. The maximum atomic E-state index is 15.7. The van der Waals surface area contributed by atoms with Crippen molar-refractivity contribution in [2.75, 3.05) is 17.2 Å². The second kappa shape index (κ2) is 12.4. The number of aliphatic carboxylic acids is 2. The molecule has 0 radical (unpaired) electrons. The molecular weight excluding hydrogens is 512 g/mol. The number of carboxylic acids is 2. The molecule has 0 spiro atoms. The number of thiazole rings is 1. The number of carbonyl (C=O) groups is 3. The summed E-state index contributed by atoms with van der Waals surface area (Å²) < 4.78 is 16.2. The molecule has 0 aliphatic carbocycles. The first-order chi connectivity index (χ1) is 17.8. The Kier molecular flexibility index (Phi) is 9.29. The number of benzene rings is 1. The van der Waals surface area contributed by atoms with Crippen LogP contribution in [0.25, 0.3) is 32.6 Å². The van der Waals surface area contributed by atoms with Crippen molar-refractivity contribution in [2.45, 2.75) is 19.4 Å². The van der Waals surface area contributed by atoms with E-state index in [-0.39, 0.29) is 46.6 Å². The third-order valence-corrected chi connectivity index (χ3v) is 6.05. The molecule has 4 rings (SSSR count). The maximum absolute atomic E-state index is 15.7. The normalized spacial score (nSPS) is 11.3. The van der Waals surface area contributed by atoms with Crippen molar-refractivity contribution in [3.63, 3.8) is 0 Å². The Balaban J connectivity index is 0.00000400. The van der Waals surface area contributed by atoms with Crippen LogP contribution in [0.3, 0.4) is 0 Å². The Morgan fingerprint density at radius 1 is 1.11 bits per heavy atom. The number of carbonyl (C=O) groups excluding carboxylic acids is 1. The van der Waals surface area contributed by atoms with E-state index < -0.39 is 36.2 Å². The molecule has 15 heteroatoms. The van der Waals surface area contributed by atoms with Crippen LogP contribution in [0.1, 0.15) is 13.3 Å². The molecule has 38 heavy (non-hydrogen) atoms. The Hall–Kier alpha value is -4.12. The van der Waals surface area contributed by atoms with Crippen molar-refractivity contribution < 1.29 is 29.0 Å².